The maximum Gasteiger partial charge on any atom is 0.324 e. The van der Waals surface area contributed by atoms with Gasteiger partial charge >= 0.3 is 6.03 Å². The summed E-state index contributed by atoms with van der Waals surface area (Å²) in [5, 5.41) is 10.9. The fourth-order valence-corrected chi connectivity index (χ4v) is 3.13. The predicted octanol–water partition coefficient (Wildman–Crippen LogP) is 2.76. The highest BCUT2D eigenvalue weighted by Gasteiger charge is 2.24. The van der Waals surface area contributed by atoms with Crippen molar-refractivity contribution < 1.29 is 14.3 Å². The highest BCUT2D eigenvalue weighted by Crippen LogP contribution is 2.22. The second-order valence-corrected chi connectivity index (χ2v) is 6.33. The van der Waals surface area contributed by atoms with Crippen molar-refractivity contribution in [3.05, 3.63) is 35.3 Å². The molecule has 0 bridgehead atoms. The number of ether oxygens (including phenoxy) is 2. The zero-order valence-corrected chi connectivity index (χ0v) is 14.3. The molecule has 1 aliphatic rings. The van der Waals surface area contributed by atoms with E-state index in [4.69, 9.17) is 9.47 Å². The van der Waals surface area contributed by atoms with Gasteiger partial charge in [0.15, 0.2) is 0 Å². The van der Waals surface area contributed by atoms with Crippen LogP contribution in [0.1, 0.15) is 18.4 Å². The molecular weight excluding hydrogens is 328 g/mol. The molecule has 2 aromatic rings. The van der Waals surface area contributed by atoms with Crippen LogP contribution in [0.4, 0.5) is 9.93 Å². The van der Waals surface area contributed by atoms with Crippen LogP contribution < -0.4 is 10.1 Å². The molecule has 1 aromatic heterocycles. The van der Waals surface area contributed by atoms with Crippen molar-refractivity contribution in [3.8, 4) is 5.75 Å². The summed E-state index contributed by atoms with van der Waals surface area (Å²) in [5.74, 6) is 0.763. The van der Waals surface area contributed by atoms with Gasteiger partial charge in [-0.25, -0.2) is 4.79 Å². The molecule has 8 heteroatoms. The number of benzene rings is 1. The largest absolute Gasteiger partial charge is 0.496 e. The quantitative estimate of drug-likeness (QED) is 0.869. The third kappa shape index (κ3) is 4.21. The highest BCUT2D eigenvalue weighted by atomic mass is 32.1. The lowest BCUT2D eigenvalue weighted by Gasteiger charge is -2.26. The Morgan fingerprint density at radius 1 is 1.50 bits per heavy atom. The number of rotatable bonds is 6. The Morgan fingerprint density at radius 2 is 2.38 bits per heavy atom. The fourth-order valence-electron chi connectivity index (χ4n) is 2.69. The Kier molecular flexibility index (Phi) is 5.60. The summed E-state index contributed by atoms with van der Waals surface area (Å²) in [6.45, 7) is 1.72. The van der Waals surface area contributed by atoms with Crippen LogP contribution in [-0.4, -0.2) is 47.5 Å². The van der Waals surface area contributed by atoms with Gasteiger partial charge in [0.2, 0.25) is 5.13 Å². The van der Waals surface area contributed by atoms with Crippen LogP contribution in [-0.2, 0) is 11.3 Å². The summed E-state index contributed by atoms with van der Waals surface area (Å²) in [5.41, 5.74) is 2.53. The molecule has 1 aliphatic heterocycles. The molecule has 3 rings (SSSR count). The van der Waals surface area contributed by atoms with Crippen molar-refractivity contribution in [2.45, 2.75) is 25.5 Å². The summed E-state index contributed by atoms with van der Waals surface area (Å²) in [6.07, 6.45) is 2.07. The Morgan fingerprint density at radius 3 is 3.08 bits per heavy atom. The van der Waals surface area contributed by atoms with Crippen LogP contribution >= 0.6 is 11.3 Å². The van der Waals surface area contributed by atoms with Gasteiger partial charge in [-0.3, -0.25) is 5.32 Å². The first-order valence-electron chi connectivity index (χ1n) is 7.82. The molecule has 0 aliphatic carbocycles. The van der Waals surface area contributed by atoms with Gasteiger partial charge in [-0.15, -0.1) is 10.2 Å². The molecule has 0 saturated carbocycles. The Bertz CT molecular complexity index is 659. The number of carbonyl (C=O) groups excluding carboxylic acids is 1. The van der Waals surface area contributed by atoms with E-state index >= 15 is 0 Å². The highest BCUT2D eigenvalue weighted by molar-refractivity contribution is 7.13. The first-order chi connectivity index (χ1) is 11.8. The van der Waals surface area contributed by atoms with Gasteiger partial charge in [0, 0.05) is 18.7 Å². The van der Waals surface area contributed by atoms with Crippen LogP contribution in [0.25, 0.3) is 0 Å². The first kappa shape index (κ1) is 16.7. The third-order valence-corrected chi connectivity index (χ3v) is 4.47. The van der Waals surface area contributed by atoms with Gasteiger partial charge in [0.25, 0.3) is 0 Å². The molecule has 1 saturated heterocycles. The standard InChI is InChI=1S/C16H20N4O3S/c1-22-14-7-3-2-5-12(14)9-20(10-13-6-4-8-23-13)16(21)18-15-19-17-11-24-15/h2-3,5,7,11,13H,4,6,8-10H2,1H3,(H,18,19,21)/t13-/m1/s1. The maximum absolute atomic E-state index is 12.7. The smallest absolute Gasteiger partial charge is 0.324 e. The monoisotopic (exact) mass is 348 g/mol. The number of hydrogen-bond donors (Lipinski definition) is 1. The summed E-state index contributed by atoms with van der Waals surface area (Å²) in [6, 6.07) is 7.48. The number of carbonyl (C=O) groups is 1. The van der Waals surface area contributed by atoms with Gasteiger partial charge in [-0.1, -0.05) is 29.5 Å². The van der Waals surface area contributed by atoms with E-state index in [-0.39, 0.29) is 12.1 Å². The van der Waals surface area contributed by atoms with Crippen LogP contribution in [0.2, 0.25) is 0 Å². The van der Waals surface area contributed by atoms with Crippen molar-refractivity contribution in [3.63, 3.8) is 0 Å². The third-order valence-electron chi connectivity index (χ3n) is 3.86. The SMILES string of the molecule is COc1ccccc1CN(C[C@H]1CCCO1)C(=O)Nc1nncs1. The molecule has 1 aromatic carbocycles. The molecular formula is C16H20N4O3S. The fraction of sp³-hybridized carbons (Fsp3) is 0.438. The minimum absolute atomic E-state index is 0.0693. The lowest BCUT2D eigenvalue weighted by Crippen LogP contribution is -2.39. The van der Waals surface area contributed by atoms with E-state index in [9.17, 15) is 4.79 Å². The van der Waals surface area contributed by atoms with Gasteiger partial charge in [-0.05, 0) is 18.9 Å². The summed E-state index contributed by atoms with van der Waals surface area (Å²) in [4.78, 5) is 14.4. The number of nitrogens with one attached hydrogen (secondary N) is 1. The molecule has 128 valence electrons. The van der Waals surface area contributed by atoms with Crippen molar-refractivity contribution in [1.82, 2.24) is 15.1 Å². The number of methoxy groups -OCH3 is 1. The van der Waals surface area contributed by atoms with E-state index in [0.29, 0.717) is 18.2 Å². The van der Waals surface area contributed by atoms with Gasteiger partial charge in [0.1, 0.15) is 11.3 Å². The van der Waals surface area contributed by atoms with Gasteiger partial charge in [0.05, 0.1) is 19.8 Å². The van der Waals surface area contributed by atoms with Crippen molar-refractivity contribution in [1.29, 1.82) is 0 Å². The number of nitrogens with zero attached hydrogens (tertiary/aromatic N) is 3. The van der Waals surface area contributed by atoms with E-state index in [0.717, 1.165) is 30.8 Å². The number of hydrogen-bond acceptors (Lipinski definition) is 6. The molecule has 0 spiro atoms. The van der Waals surface area contributed by atoms with Crippen LogP contribution in [0, 0.1) is 0 Å². The van der Waals surface area contributed by atoms with Crippen LogP contribution in [0.3, 0.4) is 0 Å². The Hall–Kier alpha value is -2.19. The topological polar surface area (TPSA) is 76.6 Å². The lowest BCUT2D eigenvalue weighted by atomic mass is 10.1. The minimum atomic E-state index is -0.215. The molecule has 7 nitrogen and oxygen atoms in total. The first-order valence-corrected chi connectivity index (χ1v) is 8.70. The van der Waals surface area contributed by atoms with Gasteiger partial charge < -0.3 is 14.4 Å². The van der Waals surface area contributed by atoms with E-state index in [1.165, 1.54) is 11.3 Å². The zero-order chi connectivity index (χ0) is 16.8. The Labute approximate surface area is 144 Å². The van der Waals surface area contributed by atoms with E-state index in [1.807, 2.05) is 24.3 Å². The molecule has 2 amide bonds. The molecule has 0 radical (unpaired) electrons. The molecule has 0 unspecified atom stereocenters. The lowest BCUT2D eigenvalue weighted by molar-refractivity contribution is 0.0817. The molecule has 1 fully saturated rings. The number of amides is 2. The number of anilines is 1. The number of aromatic nitrogens is 2. The van der Waals surface area contributed by atoms with Crippen molar-refractivity contribution in [2.24, 2.45) is 0 Å². The van der Waals surface area contributed by atoms with Gasteiger partial charge in [-0.2, -0.15) is 0 Å². The average molecular weight is 348 g/mol. The number of urea groups is 1. The van der Waals surface area contributed by atoms with E-state index in [1.54, 1.807) is 17.5 Å². The summed E-state index contributed by atoms with van der Waals surface area (Å²) < 4.78 is 11.1. The predicted molar refractivity (Wildman–Crippen MR) is 91.3 cm³/mol. The molecule has 1 atom stereocenters. The maximum atomic E-state index is 12.7. The van der Waals surface area contributed by atoms with Crippen molar-refractivity contribution in [2.75, 3.05) is 25.6 Å². The Balaban J connectivity index is 1.74. The van der Waals surface area contributed by atoms with Crippen LogP contribution in [0.15, 0.2) is 29.8 Å². The zero-order valence-electron chi connectivity index (χ0n) is 13.5. The minimum Gasteiger partial charge on any atom is -0.496 e. The molecule has 24 heavy (non-hydrogen) atoms. The summed E-state index contributed by atoms with van der Waals surface area (Å²) >= 11 is 1.29. The van der Waals surface area contributed by atoms with E-state index < -0.39 is 0 Å². The van der Waals surface area contributed by atoms with Crippen LogP contribution in [0.5, 0.6) is 5.75 Å². The summed E-state index contributed by atoms with van der Waals surface area (Å²) in [7, 11) is 1.63. The normalized spacial score (nSPS) is 16.8. The van der Waals surface area contributed by atoms with Crippen molar-refractivity contribution >= 4 is 22.5 Å². The number of para-hydroxylation sites is 1. The molecule has 1 N–H and O–H groups in total. The second-order valence-electron chi connectivity index (χ2n) is 5.50. The molecule has 2 heterocycles. The second kappa shape index (κ2) is 8.07. The van der Waals surface area contributed by atoms with E-state index in [2.05, 4.69) is 15.5 Å². The average Bonchev–Trinajstić information content (AvgIpc) is 3.28.